The van der Waals surface area contributed by atoms with Crippen LogP contribution >= 0.6 is 11.6 Å². The van der Waals surface area contributed by atoms with Crippen LogP contribution in [0.2, 0.25) is 5.02 Å². The molecule has 104 valence electrons. The fourth-order valence-corrected chi connectivity index (χ4v) is 2.06. The Bertz CT molecular complexity index is 638. The van der Waals surface area contributed by atoms with Crippen LogP contribution in [0.5, 0.6) is 11.5 Å². The van der Waals surface area contributed by atoms with Gasteiger partial charge in [0.15, 0.2) is 17.3 Å². The molecule has 20 heavy (non-hydrogen) atoms. The molecule has 0 heterocycles. The maximum Gasteiger partial charge on any atom is 0.194 e. The van der Waals surface area contributed by atoms with Gasteiger partial charge in [0.2, 0.25) is 0 Å². The van der Waals surface area contributed by atoms with Crippen LogP contribution in [0, 0.1) is 0 Å². The largest absolute Gasteiger partial charge is 0.493 e. The molecule has 0 bridgehead atoms. The summed E-state index contributed by atoms with van der Waals surface area (Å²) in [6.45, 7) is 0. The number of nitrogen functional groups attached to an aromatic ring is 1. The van der Waals surface area contributed by atoms with Crippen molar-refractivity contribution in [3.8, 4) is 11.5 Å². The van der Waals surface area contributed by atoms with Gasteiger partial charge in [0.05, 0.1) is 19.2 Å². The van der Waals surface area contributed by atoms with Gasteiger partial charge in [-0.3, -0.25) is 4.79 Å². The van der Waals surface area contributed by atoms with Gasteiger partial charge in [-0.05, 0) is 30.3 Å². The van der Waals surface area contributed by atoms with E-state index in [4.69, 9.17) is 26.8 Å². The van der Waals surface area contributed by atoms with Crippen LogP contribution in [-0.4, -0.2) is 20.0 Å². The molecule has 0 saturated heterocycles. The van der Waals surface area contributed by atoms with Crippen molar-refractivity contribution in [2.45, 2.75) is 0 Å². The van der Waals surface area contributed by atoms with E-state index in [-0.39, 0.29) is 5.78 Å². The Morgan fingerprint density at radius 3 is 2.15 bits per heavy atom. The van der Waals surface area contributed by atoms with Gasteiger partial charge in [0, 0.05) is 22.9 Å². The average molecular weight is 292 g/mol. The topological polar surface area (TPSA) is 61.5 Å². The number of anilines is 1. The fourth-order valence-electron chi connectivity index (χ4n) is 1.82. The van der Waals surface area contributed by atoms with E-state index in [0.29, 0.717) is 33.3 Å². The summed E-state index contributed by atoms with van der Waals surface area (Å²) in [4.78, 5) is 12.4. The maximum atomic E-state index is 12.4. The second kappa shape index (κ2) is 5.84. The Kier molecular flexibility index (Phi) is 4.15. The molecule has 0 spiro atoms. The van der Waals surface area contributed by atoms with E-state index in [1.165, 1.54) is 14.2 Å². The Hall–Kier alpha value is -2.20. The van der Waals surface area contributed by atoms with Crippen molar-refractivity contribution < 1.29 is 14.3 Å². The highest BCUT2D eigenvalue weighted by Crippen LogP contribution is 2.34. The molecule has 2 rings (SSSR count). The molecular weight excluding hydrogens is 278 g/mol. The second-order valence-corrected chi connectivity index (χ2v) is 4.55. The normalized spacial score (nSPS) is 10.2. The molecule has 2 N–H and O–H groups in total. The highest BCUT2D eigenvalue weighted by atomic mass is 35.5. The van der Waals surface area contributed by atoms with E-state index in [9.17, 15) is 4.79 Å². The number of halogens is 1. The molecule has 0 aromatic heterocycles. The number of carbonyl (C=O) groups excluding carboxylic acids is 1. The molecule has 0 aliphatic heterocycles. The third-order valence-electron chi connectivity index (χ3n) is 2.89. The molecule has 0 fully saturated rings. The molecule has 0 radical (unpaired) electrons. The van der Waals surface area contributed by atoms with Gasteiger partial charge in [0.25, 0.3) is 0 Å². The molecule has 5 heteroatoms. The lowest BCUT2D eigenvalue weighted by atomic mass is 10.0. The summed E-state index contributed by atoms with van der Waals surface area (Å²) in [6, 6.07) is 9.78. The Labute approximate surface area is 122 Å². The predicted octanol–water partition coefficient (Wildman–Crippen LogP) is 3.17. The first kappa shape index (κ1) is 14.2. The van der Waals surface area contributed by atoms with Crippen molar-refractivity contribution >= 4 is 23.1 Å². The molecular formula is C15H14ClNO3. The number of ether oxygens (including phenoxy) is 2. The zero-order valence-corrected chi connectivity index (χ0v) is 11.9. The number of methoxy groups -OCH3 is 2. The number of rotatable bonds is 4. The van der Waals surface area contributed by atoms with Gasteiger partial charge >= 0.3 is 0 Å². The van der Waals surface area contributed by atoms with Crippen LogP contribution in [0.4, 0.5) is 5.69 Å². The molecule has 0 atom stereocenters. The van der Waals surface area contributed by atoms with Crippen LogP contribution in [0.3, 0.4) is 0 Å². The van der Waals surface area contributed by atoms with Crippen molar-refractivity contribution in [3.05, 3.63) is 52.5 Å². The van der Waals surface area contributed by atoms with E-state index in [1.54, 1.807) is 36.4 Å². The number of hydrogen-bond donors (Lipinski definition) is 1. The summed E-state index contributed by atoms with van der Waals surface area (Å²) < 4.78 is 10.3. The number of nitrogens with two attached hydrogens (primary N) is 1. The molecule has 0 aliphatic carbocycles. The molecule has 2 aromatic carbocycles. The van der Waals surface area contributed by atoms with Crippen molar-refractivity contribution in [1.82, 2.24) is 0 Å². The van der Waals surface area contributed by atoms with Gasteiger partial charge in [-0.25, -0.2) is 0 Å². The SMILES string of the molecule is COc1cc(Cl)c(C(=O)c2ccc(N)cc2)cc1OC. The number of hydrogen-bond acceptors (Lipinski definition) is 4. The smallest absolute Gasteiger partial charge is 0.194 e. The van der Waals surface area contributed by atoms with Gasteiger partial charge in [-0.1, -0.05) is 11.6 Å². The van der Waals surface area contributed by atoms with Crippen molar-refractivity contribution in [2.75, 3.05) is 20.0 Å². The van der Waals surface area contributed by atoms with Gasteiger partial charge in [-0.15, -0.1) is 0 Å². The highest BCUT2D eigenvalue weighted by Gasteiger charge is 2.17. The molecule has 2 aromatic rings. The molecule has 4 nitrogen and oxygen atoms in total. The Morgan fingerprint density at radius 2 is 1.60 bits per heavy atom. The summed E-state index contributed by atoms with van der Waals surface area (Å²) in [7, 11) is 3.01. The van der Waals surface area contributed by atoms with E-state index in [1.807, 2.05) is 0 Å². The molecule has 0 saturated carbocycles. The summed E-state index contributed by atoms with van der Waals surface area (Å²) in [5, 5.41) is 0.310. The Balaban J connectivity index is 2.46. The lowest BCUT2D eigenvalue weighted by Gasteiger charge is -2.11. The first-order chi connectivity index (χ1) is 9.56. The molecule has 0 unspecified atom stereocenters. The number of carbonyl (C=O) groups is 1. The van der Waals surface area contributed by atoms with Crippen LogP contribution in [0.25, 0.3) is 0 Å². The van der Waals surface area contributed by atoms with Crippen molar-refractivity contribution in [1.29, 1.82) is 0 Å². The standard InChI is InChI=1S/C15H14ClNO3/c1-19-13-7-11(12(16)8-14(13)20-2)15(18)9-3-5-10(17)6-4-9/h3-8H,17H2,1-2H3. The van der Waals surface area contributed by atoms with Crippen LogP contribution in [0.1, 0.15) is 15.9 Å². The van der Waals surface area contributed by atoms with Gasteiger partial charge in [-0.2, -0.15) is 0 Å². The Morgan fingerprint density at radius 1 is 1.05 bits per heavy atom. The second-order valence-electron chi connectivity index (χ2n) is 4.14. The number of ketones is 1. The quantitative estimate of drug-likeness (QED) is 0.694. The minimum atomic E-state index is -0.198. The summed E-state index contributed by atoms with van der Waals surface area (Å²) in [6.07, 6.45) is 0. The summed E-state index contributed by atoms with van der Waals surface area (Å²) >= 11 is 6.13. The lowest BCUT2D eigenvalue weighted by Crippen LogP contribution is -2.04. The molecule has 0 amide bonds. The van der Waals surface area contributed by atoms with Crippen LogP contribution < -0.4 is 15.2 Å². The third-order valence-corrected chi connectivity index (χ3v) is 3.20. The first-order valence-corrected chi connectivity index (χ1v) is 6.26. The molecule has 0 aliphatic rings. The van der Waals surface area contributed by atoms with Crippen LogP contribution in [0.15, 0.2) is 36.4 Å². The van der Waals surface area contributed by atoms with Gasteiger partial charge < -0.3 is 15.2 Å². The first-order valence-electron chi connectivity index (χ1n) is 5.88. The minimum absolute atomic E-state index is 0.198. The monoisotopic (exact) mass is 291 g/mol. The summed E-state index contributed by atoms with van der Waals surface area (Å²) in [5.74, 6) is 0.734. The minimum Gasteiger partial charge on any atom is -0.493 e. The highest BCUT2D eigenvalue weighted by molar-refractivity contribution is 6.35. The average Bonchev–Trinajstić information content (AvgIpc) is 2.47. The van der Waals surface area contributed by atoms with Gasteiger partial charge in [0.1, 0.15) is 0 Å². The van der Waals surface area contributed by atoms with Crippen molar-refractivity contribution in [2.24, 2.45) is 0 Å². The summed E-state index contributed by atoms with van der Waals surface area (Å²) in [5.41, 5.74) is 7.07. The van der Waals surface area contributed by atoms with E-state index < -0.39 is 0 Å². The zero-order valence-electron chi connectivity index (χ0n) is 11.1. The predicted molar refractivity (Wildman–Crippen MR) is 78.8 cm³/mol. The third kappa shape index (κ3) is 2.70. The number of benzene rings is 2. The van der Waals surface area contributed by atoms with Crippen LogP contribution in [-0.2, 0) is 0 Å². The van der Waals surface area contributed by atoms with E-state index >= 15 is 0 Å². The zero-order chi connectivity index (χ0) is 14.7. The van der Waals surface area contributed by atoms with E-state index in [2.05, 4.69) is 0 Å². The maximum absolute atomic E-state index is 12.4. The van der Waals surface area contributed by atoms with Crippen molar-refractivity contribution in [3.63, 3.8) is 0 Å². The fraction of sp³-hybridized carbons (Fsp3) is 0.133. The van der Waals surface area contributed by atoms with E-state index in [0.717, 1.165) is 0 Å². The lowest BCUT2D eigenvalue weighted by molar-refractivity contribution is 0.103.